The van der Waals surface area contributed by atoms with E-state index in [2.05, 4.69) is 36.5 Å². The van der Waals surface area contributed by atoms with Crippen LogP contribution >= 0.6 is 0 Å². The van der Waals surface area contributed by atoms with E-state index in [1.807, 2.05) is 30.3 Å². The molecule has 0 heterocycles. The van der Waals surface area contributed by atoms with Gasteiger partial charge in [-0.15, -0.1) is 0 Å². The molecular weight excluding hydrogens is 301 g/mol. The fourth-order valence-corrected chi connectivity index (χ4v) is 2.37. The van der Waals surface area contributed by atoms with Crippen LogP contribution in [0.25, 0.3) is 0 Å². The standard InChI is InChI=1S/C21H20FNO/c1-16-5-9-20(10-6-16)23-14-17-7-11-21(12-8-17)24-15-18-3-2-4-19(22)13-18/h2-13,23H,14-15H2,1H3. The normalized spacial score (nSPS) is 10.4. The summed E-state index contributed by atoms with van der Waals surface area (Å²) in [5.74, 6) is 0.534. The quantitative estimate of drug-likeness (QED) is 0.663. The molecule has 0 amide bonds. The molecule has 1 N–H and O–H groups in total. The van der Waals surface area contributed by atoms with Gasteiger partial charge in [0.05, 0.1) is 0 Å². The van der Waals surface area contributed by atoms with Crippen LogP contribution in [0, 0.1) is 12.7 Å². The second-order valence-electron chi connectivity index (χ2n) is 5.78. The number of aryl methyl sites for hydroxylation is 1. The van der Waals surface area contributed by atoms with Crippen LogP contribution in [0.15, 0.2) is 72.8 Å². The van der Waals surface area contributed by atoms with Gasteiger partial charge in [-0.25, -0.2) is 4.39 Å². The number of ether oxygens (including phenoxy) is 1. The Balaban J connectivity index is 1.52. The number of nitrogens with one attached hydrogen (secondary N) is 1. The van der Waals surface area contributed by atoms with E-state index in [0.29, 0.717) is 6.61 Å². The van der Waals surface area contributed by atoms with E-state index in [-0.39, 0.29) is 5.82 Å². The van der Waals surface area contributed by atoms with Gasteiger partial charge in [-0.2, -0.15) is 0 Å². The third-order valence-corrected chi connectivity index (χ3v) is 3.77. The average molecular weight is 321 g/mol. The van der Waals surface area contributed by atoms with Crippen molar-refractivity contribution in [2.45, 2.75) is 20.1 Å². The highest BCUT2D eigenvalue weighted by molar-refractivity contribution is 5.45. The van der Waals surface area contributed by atoms with E-state index >= 15 is 0 Å². The SMILES string of the molecule is Cc1ccc(NCc2ccc(OCc3cccc(F)c3)cc2)cc1. The molecular formula is C21H20FNO. The third kappa shape index (κ3) is 4.59. The lowest BCUT2D eigenvalue weighted by molar-refractivity contribution is 0.305. The highest BCUT2D eigenvalue weighted by atomic mass is 19.1. The molecule has 3 aromatic rings. The van der Waals surface area contributed by atoms with Crippen molar-refractivity contribution < 1.29 is 9.13 Å². The van der Waals surface area contributed by atoms with Crippen molar-refractivity contribution in [3.05, 3.63) is 95.3 Å². The zero-order valence-corrected chi connectivity index (χ0v) is 13.6. The molecule has 0 saturated heterocycles. The Morgan fingerprint density at radius 1 is 0.875 bits per heavy atom. The van der Waals surface area contributed by atoms with Gasteiger partial charge in [0.1, 0.15) is 18.2 Å². The zero-order valence-electron chi connectivity index (χ0n) is 13.6. The van der Waals surface area contributed by atoms with E-state index in [9.17, 15) is 4.39 Å². The van der Waals surface area contributed by atoms with Gasteiger partial charge >= 0.3 is 0 Å². The summed E-state index contributed by atoms with van der Waals surface area (Å²) in [6, 6.07) is 22.7. The molecule has 0 radical (unpaired) electrons. The first-order valence-electron chi connectivity index (χ1n) is 7.96. The third-order valence-electron chi connectivity index (χ3n) is 3.77. The Labute approximate surface area is 141 Å². The number of halogens is 1. The molecule has 2 nitrogen and oxygen atoms in total. The van der Waals surface area contributed by atoms with E-state index < -0.39 is 0 Å². The van der Waals surface area contributed by atoms with Gasteiger partial charge in [-0.3, -0.25) is 0 Å². The maximum absolute atomic E-state index is 13.1. The van der Waals surface area contributed by atoms with Crippen molar-refractivity contribution in [3.63, 3.8) is 0 Å². The molecule has 0 aliphatic heterocycles. The molecule has 0 aromatic heterocycles. The Hall–Kier alpha value is -2.81. The number of benzene rings is 3. The zero-order chi connectivity index (χ0) is 16.8. The summed E-state index contributed by atoms with van der Waals surface area (Å²) in [5, 5.41) is 3.39. The van der Waals surface area contributed by atoms with Gasteiger partial charge < -0.3 is 10.1 Å². The molecule has 24 heavy (non-hydrogen) atoms. The van der Waals surface area contributed by atoms with Crippen LogP contribution in [0.2, 0.25) is 0 Å². The molecule has 0 saturated carbocycles. The van der Waals surface area contributed by atoms with E-state index in [1.54, 1.807) is 6.07 Å². The first kappa shape index (κ1) is 16.1. The van der Waals surface area contributed by atoms with E-state index in [4.69, 9.17) is 4.74 Å². The van der Waals surface area contributed by atoms with Crippen LogP contribution in [-0.2, 0) is 13.2 Å². The molecule has 0 bridgehead atoms. The minimum absolute atomic E-state index is 0.242. The van der Waals surface area contributed by atoms with Crippen molar-refractivity contribution in [3.8, 4) is 5.75 Å². The molecule has 0 unspecified atom stereocenters. The smallest absolute Gasteiger partial charge is 0.123 e. The number of hydrogen-bond acceptors (Lipinski definition) is 2. The minimum Gasteiger partial charge on any atom is -0.489 e. The first-order valence-corrected chi connectivity index (χ1v) is 7.96. The van der Waals surface area contributed by atoms with Gasteiger partial charge in [0.25, 0.3) is 0 Å². The van der Waals surface area contributed by atoms with Crippen LogP contribution in [0.3, 0.4) is 0 Å². The van der Waals surface area contributed by atoms with E-state index in [1.165, 1.54) is 23.3 Å². The van der Waals surface area contributed by atoms with Crippen LogP contribution in [-0.4, -0.2) is 0 Å². The second-order valence-corrected chi connectivity index (χ2v) is 5.78. The Morgan fingerprint density at radius 3 is 2.33 bits per heavy atom. The molecule has 3 rings (SSSR count). The maximum atomic E-state index is 13.1. The summed E-state index contributed by atoms with van der Waals surface area (Å²) in [5.41, 5.74) is 4.35. The molecule has 122 valence electrons. The predicted molar refractivity (Wildman–Crippen MR) is 95.7 cm³/mol. The fourth-order valence-electron chi connectivity index (χ4n) is 2.37. The number of hydrogen-bond donors (Lipinski definition) is 1. The highest BCUT2D eigenvalue weighted by Gasteiger charge is 1.99. The Morgan fingerprint density at radius 2 is 1.62 bits per heavy atom. The van der Waals surface area contributed by atoms with Crippen molar-refractivity contribution in [1.29, 1.82) is 0 Å². The minimum atomic E-state index is -0.242. The number of rotatable bonds is 6. The summed E-state index contributed by atoms with van der Waals surface area (Å²) >= 11 is 0. The van der Waals surface area contributed by atoms with Crippen LogP contribution < -0.4 is 10.1 Å². The lowest BCUT2D eigenvalue weighted by Crippen LogP contribution is -2.00. The number of anilines is 1. The highest BCUT2D eigenvalue weighted by Crippen LogP contribution is 2.16. The molecule has 0 aliphatic rings. The Kier molecular flexibility index (Phi) is 5.12. The molecule has 0 atom stereocenters. The summed E-state index contributed by atoms with van der Waals surface area (Å²) < 4.78 is 18.8. The largest absolute Gasteiger partial charge is 0.489 e. The van der Waals surface area contributed by atoms with Gasteiger partial charge in [0.2, 0.25) is 0 Å². The molecule has 0 aliphatic carbocycles. The second kappa shape index (κ2) is 7.64. The van der Waals surface area contributed by atoms with Crippen molar-refractivity contribution in [2.75, 3.05) is 5.32 Å². The lowest BCUT2D eigenvalue weighted by Gasteiger charge is -2.09. The fraction of sp³-hybridized carbons (Fsp3) is 0.143. The van der Waals surface area contributed by atoms with Gasteiger partial charge in [0.15, 0.2) is 0 Å². The van der Waals surface area contributed by atoms with Gasteiger partial charge in [-0.1, -0.05) is 42.0 Å². The molecule has 0 spiro atoms. The predicted octanol–water partition coefficient (Wildman–Crippen LogP) is 5.33. The molecule has 3 heteroatoms. The maximum Gasteiger partial charge on any atom is 0.123 e. The van der Waals surface area contributed by atoms with Crippen molar-refractivity contribution in [2.24, 2.45) is 0 Å². The monoisotopic (exact) mass is 321 g/mol. The summed E-state index contributed by atoms with van der Waals surface area (Å²) in [6.45, 7) is 3.19. The average Bonchev–Trinajstić information content (AvgIpc) is 2.60. The van der Waals surface area contributed by atoms with E-state index in [0.717, 1.165) is 23.5 Å². The van der Waals surface area contributed by atoms with Crippen LogP contribution in [0.4, 0.5) is 10.1 Å². The summed E-state index contributed by atoms with van der Waals surface area (Å²) in [4.78, 5) is 0. The van der Waals surface area contributed by atoms with Crippen molar-refractivity contribution in [1.82, 2.24) is 0 Å². The Bertz CT molecular complexity index is 782. The lowest BCUT2D eigenvalue weighted by atomic mass is 10.2. The molecule has 0 fully saturated rings. The summed E-state index contributed by atoms with van der Waals surface area (Å²) in [7, 11) is 0. The van der Waals surface area contributed by atoms with Crippen LogP contribution in [0.1, 0.15) is 16.7 Å². The molecule has 3 aromatic carbocycles. The van der Waals surface area contributed by atoms with Crippen LogP contribution in [0.5, 0.6) is 5.75 Å². The van der Waals surface area contributed by atoms with Crippen molar-refractivity contribution >= 4 is 5.69 Å². The van der Waals surface area contributed by atoms with Gasteiger partial charge in [0, 0.05) is 12.2 Å². The first-order chi connectivity index (χ1) is 11.7. The van der Waals surface area contributed by atoms with Gasteiger partial charge in [-0.05, 0) is 54.4 Å². The topological polar surface area (TPSA) is 21.3 Å². The summed E-state index contributed by atoms with van der Waals surface area (Å²) in [6.07, 6.45) is 0.